The zero-order chi connectivity index (χ0) is 18.9. The van der Waals surface area contributed by atoms with Gasteiger partial charge in [0.1, 0.15) is 5.75 Å². The van der Waals surface area contributed by atoms with Crippen molar-refractivity contribution in [1.29, 1.82) is 0 Å². The molecular weight excluding hydrogens is 364 g/mol. The average molecular weight is 389 g/mol. The van der Waals surface area contributed by atoms with Crippen molar-refractivity contribution in [2.75, 3.05) is 39.5 Å². The van der Waals surface area contributed by atoms with Crippen molar-refractivity contribution in [2.45, 2.75) is 12.5 Å². The Morgan fingerprint density at radius 1 is 1.11 bits per heavy atom. The molecule has 5 nitrogen and oxygen atoms in total. The van der Waals surface area contributed by atoms with Gasteiger partial charge >= 0.3 is 0 Å². The molecule has 1 saturated heterocycles. The van der Waals surface area contributed by atoms with Gasteiger partial charge in [-0.15, -0.1) is 0 Å². The van der Waals surface area contributed by atoms with E-state index in [1.165, 1.54) is 0 Å². The molecule has 27 heavy (non-hydrogen) atoms. The first kappa shape index (κ1) is 19.7. The van der Waals surface area contributed by atoms with Crippen LogP contribution in [0.3, 0.4) is 0 Å². The van der Waals surface area contributed by atoms with Crippen molar-refractivity contribution >= 4 is 17.5 Å². The van der Waals surface area contributed by atoms with Crippen LogP contribution < -0.4 is 10.1 Å². The van der Waals surface area contributed by atoms with Crippen LogP contribution in [0.1, 0.15) is 18.0 Å². The highest BCUT2D eigenvalue weighted by Crippen LogP contribution is 2.27. The van der Waals surface area contributed by atoms with Gasteiger partial charge in [0, 0.05) is 24.7 Å². The Hall–Kier alpha value is -2.08. The molecule has 0 aliphatic carbocycles. The van der Waals surface area contributed by atoms with Crippen LogP contribution in [0.25, 0.3) is 0 Å². The summed E-state index contributed by atoms with van der Waals surface area (Å²) in [6, 6.07) is 17.3. The van der Waals surface area contributed by atoms with Gasteiger partial charge in [-0.25, -0.2) is 0 Å². The molecule has 1 fully saturated rings. The molecule has 2 aromatic carbocycles. The Balaban J connectivity index is 1.54. The highest BCUT2D eigenvalue weighted by molar-refractivity contribution is 6.31. The smallest absolute Gasteiger partial charge is 0.223 e. The van der Waals surface area contributed by atoms with Gasteiger partial charge in [-0.1, -0.05) is 48.0 Å². The summed E-state index contributed by atoms with van der Waals surface area (Å²) in [5, 5.41) is 3.75. The molecule has 1 atom stereocenters. The second kappa shape index (κ2) is 10.3. The van der Waals surface area contributed by atoms with Gasteiger partial charge in [0.15, 0.2) is 0 Å². The van der Waals surface area contributed by atoms with Crippen molar-refractivity contribution in [3.05, 3.63) is 65.2 Å². The Labute approximate surface area is 165 Å². The Morgan fingerprint density at radius 2 is 1.81 bits per heavy atom. The molecule has 1 heterocycles. The third kappa shape index (κ3) is 5.96. The second-order valence-corrected chi connectivity index (χ2v) is 6.81. The maximum absolute atomic E-state index is 12.3. The van der Waals surface area contributed by atoms with E-state index in [9.17, 15) is 4.79 Å². The number of carbonyl (C=O) groups is 1. The summed E-state index contributed by atoms with van der Waals surface area (Å²) in [4.78, 5) is 14.6. The number of hydrogen-bond donors (Lipinski definition) is 1. The van der Waals surface area contributed by atoms with Crippen LogP contribution in [0.2, 0.25) is 5.02 Å². The van der Waals surface area contributed by atoms with Crippen LogP contribution in [-0.2, 0) is 9.53 Å². The number of nitrogens with one attached hydrogen (secondary N) is 1. The van der Waals surface area contributed by atoms with Crippen LogP contribution in [0.4, 0.5) is 0 Å². The second-order valence-electron chi connectivity index (χ2n) is 6.40. The van der Waals surface area contributed by atoms with E-state index in [0.717, 1.165) is 29.4 Å². The van der Waals surface area contributed by atoms with Gasteiger partial charge in [-0.3, -0.25) is 9.69 Å². The minimum Gasteiger partial charge on any atom is -0.493 e. The lowest BCUT2D eigenvalue weighted by molar-refractivity contribution is -0.121. The van der Waals surface area contributed by atoms with E-state index in [1.54, 1.807) is 0 Å². The van der Waals surface area contributed by atoms with Crippen LogP contribution in [0.15, 0.2) is 54.6 Å². The number of nitrogens with zero attached hydrogens (tertiary/aromatic N) is 1. The molecule has 0 radical (unpaired) electrons. The molecule has 1 amide bonds. The summed E-state index contributed by atoms with van der Waals surface area (Å²) in [6.07, 6.45) is 0.313. The Morgan fingerprint density at radius 3 is 2.56 bits per heavy atom. The maximum atomic E-state index is 12.3. The van der Waals surface area contributed by atoms with Gasteiger partial charge in [0.2, 0.25) is 5.91 Å². The van der Waals surface area contributed by atoms with Gasteiger partial charge in [-0.05, 0) is 23.8 Å². The molecule has 0 spiro atoms. The summed E-state index contributed by atoms with van der Waals surface area (Å²) in [7, 11) is 0. The molecule has 0 unspecified atom stereocenters. The Bertz CT molecular complexity index is 720. The highest BCUT2D eigenvalue weighted by atomic mass is 35.5. The Kier molecular flexibility index (Phi) is 7.51. The van der Waals surface area contributed by atoms with E-state index in [4.69, 9.17) is 21.1 Å². The van der Waals surface area contributed by atoms with Crippen molar-refractivity contribution in [3.8, 4) is 5.75 Å². The molecule has 3 rings (SSSR count). The number of rotatable bonds is 8. The number of ether oxygens (including phenoxy) is 2. The average Bonchev–Trinajstić information content (AvgIpc) is 2.71. The predicted octanol–water partition coefficient (Wildman–Crippen LogP) is 3.30. The number of carbonyl (C=O) groups excluding carboxylic acids is 1. The number of benzene rings is 2. The molecule has 0 bridgehead atoms. The van der Waals surface area contributed by atoms with Crippen LogP contribution >= 0.6 is 11.6 Å². The summed E-state index contributed by atoms with van der Waals surface area (Å²) in [5.74, 6) is 0.740. The van der Waals surface area contributed by atoms with Crippen molar-refractivity contribution in [3.63, 3.8) is 0 Å². The van der Waals surface area contributed by atoms with E-state index in [1.807, 2.05) is 54.6 Å². The van der Waals surface area contributed by atoms with Gasteiger partial charge in [0.25, 0.3) is 0 Å². The molecule has 6 heteroatoms. The fourth-order valence-corrected chi connectivity index (χ4v) is 3.41. The van der Waals surface area contributed by atoms with Crippen molar-refractivity contribution < 1.29 is 14.3 Å². The van der Waals surface area contributed by atoms with E-state index in [0.29, 0.717) is 32.8 Å². The van der Waals surface area contributed by atoms with Gasteiger partial charge in [0.05, 0.1) is 32.3 Å². The zero-order valence-electron chi connectivity index (χ0n) is 15.3. The largest absolute Gasteiger partial charge is 0.493 e. The van der Waals surface area contributed by atoms with E-state index in [-0.39, 0.29) is 11.9 Å². The minimum absolute atomic E-state index is 0.0293. The number of para-hydroxylation sites is 1. The molecule has 2 aromatic rings. The van der Waals surface area contributed by atoms with E-state index >= 15 is 0 Å². The third-order valence-electron chi connectivity index (χ3n) is 4.58. The SMILES string of the molecule is O=C(CCOc1ccccc1)NC[C@@H](c1ccccc1Cl)N1CCOCC1. The molecule has 1 aliphatic rings. The number of hydrogen-bond acceptors (Lipinski definition) is 4. The van der Waals surface area contributed by atoms with Gasteiger partial charge < -0.3 is 14.8 Å². The van der Waals surface area contributed by atoms with E-state index < -0.39 is 0 Å². The van der Waals surface area contributed by atoms with Crippen LogP contribution in [0, 0.1) is 0 Å². The molecule has 0 saturated carbocycles. The minimum atomic E-state index is -0.0313. The normalized spacial score (nSPS) is 15.9. The first-order valence-corrected chi connectivity index (χ1v) is 9.62. The molecule has 0 aromatic heterocycles. The lowest BCUT2D eigenvalue weighted by atomic mass is 10.0. The number of halogens is 1. The monoisotopic (exact) mass is 388 g/mol. The van der Waals surface area contributed by atoms with Crippen molar-refractivity contribution in [1.82, 2.24) is 10.2 Å². The lowest BCUT2D eigenvalue weighted by Crippen LogP contribution is -2.44. The quantitative estimate of drug-likeness (QED) is 0.753. The number of amides is 1. The van der Waals surface area contributed by atoms with Crippen LogP contribution in [-0.4, -0.2) is 50.3 Å². The third-order valence-corrected chi connectivity index (χ3v) is 4.93. The van der Waals surface area contributed by atoms with Crippen LogP contribution in [0.5, 0.6) is 5.75 Å². The first-order valence-electron chi connectivity index (χ1n) is 9.25. The molecule has 1 aliphatic heterocycles. The molecule has 1 N–H and O–H groups in total. The highest BCUT2D eigenvalue weighted by Gasteiger charge is 2.24. The lowest BCUT2D eigenvalue weighted by Gasteiger charge is -2.35. The summed E-state index contributed by atoms with van der Waals surface area (Å²) in [5.41, 5.74) is 1.03. The standard InChI is InChI=1S/C21H25ClN2O3/c22-19-9-5-4-8-18(19)20(24-11-14-26-15-12-24)16-23-21(25)10-13-27-17-6-2-1-3-7-17/h1-9,20H,10-16H2,(H,23,25)/t20-/m0/s1. The maximum Gasteiger partial charge on any atom is 0.223 e. The van der Waals surface area contributed by atoms with Gasteiger partial charge in [-0.2, -0.15) is 0 Å². The molecular formula is C21H25ClN2O3. The summed E-state index contributed by atoms with van der Waals surface area (Å²) in [6.45, 7) is 3.89. The predicted molar refractivity (Wildman–Crippen MR) is 106 cm³/mol. The van der Waals surface area contributed by atoms with Crippen molar-refractivity contribution in [2.24, 2.45) is 0 Å². The fourth-order valence-electron chi connectivity index (χ4n) is 3.15. The van der Waals surface area contributed by atoms with E-state index in [2.05, 4.69) is 10.2 Å². The molecule has 144 valence electrons. The number of morpholine rings is 1. The summed E-state index contributed by atoms with van der Waals surface area (Å²) >= 11 is 6.41. The topological polar surface area (TPSA) is 50.8 Å². The fraction of sp³-hybridized carbons (Fsp3) is 0.381. The zero-order valence-corrected chi connectivity index (χ0v) is 16.0. The summed E-state index contributed by atoms with van der Waals surface area (Å²) < 4.78 is 11.1. The first-order chi connectivity index (χ1) is 13.2.